The van der Waals surface area contributed by atoms with E-state index in [1.165, 1.54) is 11.1 Å². The van der Waals surface area contributed by atoms with Gasteiger partial charge < -0.3 is 17.2 Å². The molecule has 9 nitrogen and oxygen atoms in total. The molecule has 0 radical (unpaired) electrons. The number of benzene rings is 1. The third-order valence-corrected chi connectivity index (χ3v) is 6.77. The van der Waals surface area contributed by atoms with E-state index >= 15 is 0 Å². The van der Waals surface area contributed by atoms with E-state index in [-0.39, 0.29) is 11.4 Å². The molecule has 2 aliphatic rings. The topological polar surface area (TPSA) is 167 Å². The van der Waals surface area contributed by atoms with Crippen molar-refractivity contribution in [2.45, 2.75) is 97.4 Å². The second kappa shape index (κ2) is 14.4. The number of rotatable bonds is 6. The van der Waals surface area contributed by atoms with Crippen LogP contribution < -0.4 is 17.2 Å². The molecule has 7 N–H and O–H groups in total. The highest BCUT2D eigenvalue weighted by Gasteiger charge is 2.52. The number of carbonyl (C=O) groups excluding carboxylic acids is 2. The summed E-state index contributed by atoms with van der Waals surface area (Å²) in [5.74, 6) is -0.0212. The van der Waals surface area contributed by atoms with Gasteiger partial charge >= 0.3 is 0 Å². The molecule has 0 aliphatic heterocycles. The highest BCUT2D eigenvalue weighted by atomic mass is 16.1. The molecule has 0 saturated heterocycles. The molecular formula is C28H45N7O2. The van der Waals surface area contributed by atoms with Crippen LogP contribution in [0.1, 0.15) is 107 Å². The largest absolute Gasteiger partial charge is 0.370 e. The van der Waals surface area contributed by atoms with Crippen molar-refractivity contribution in [1.29, 1.82) is 0 Å². The number of carbonyl (C=O) groups is 2. The predicted molar refractivity (Wildman–Crippen MR) is 149 cm³/mol. The Morgan fingerprint density at radius 3 is 2.16 bits per heavy atom. The second-order valence-electron chi connectivity index (χ2n) is 9.34. The Morgan fingerprint density at radius 1 is 1.14 bits per heavy atom. The number of aryl methyl sites for hydroxylation is 1. The highest BCUT2D eigenvalue weighted by Crippen LogP contribution is 2.52. The Balaban J connectivity index is 0.000000533. The molecule has 2 aromatic rings. The monoisotopic (exact) mass is 511 g/mol. The first-order valence-electron chi connectivity index (χ1n) is 13.1. The number of primary amides is 2. The number of hydrogen-bond acceptors (Lipinski definition) is 6. The van der Waals surface area contributed by atoms with Crippen LogP contribution in [0.5, 0.6) is 0 Å². The van der Waals surface area contributed by atoms with Crippen molar-refractivity contribution in [1.82, 2.24) is 20.6 Å². The van der Waals surface area contributed by atoms with Crippen LogP contribution >= 0.6 is 0 Å². The van der Waals surface area contributed by atoms with E-state index in [9.17, 15) is 9.59 Å². The minimum atomic E-state index is -0.537. The van der Waals surface area contributed by atoms with E-state index in [2.05, 4.69) is 53.7 Å². The maximum Gasteiger partial charge on any atom is 0.248 e. The number of nitrogens with zero attached hydrogens (tertiary/aromatic N) is 3. The number of nitrogens with one attached hydrogen (secondary N) is 1. The standard InChI is InChI=1S/C19H24N6O.C4H8.C3H7NO.C2H6/c1-11-3-4-13-9-14(16(20)26)5-6-15(13)19(12(11)2,10-18(21)7-8-18)17-22-24-25-23-17;1-3-4-2;1-2-3(4)5;1-2/h5-6,9H,3-4,7-8,10,21H2,1-2H3,(H2,20,26)(H,22,23,24,25);3H,1,4H2,2H3;2H2,1H3,(H2,4,5);1-2H3. The maximum absolute atomic E-state index is 11.7. The van der Waals surface area contributed by atoms with Crippen molar-refractivity contribution in [3.8, 4) is 0 Å². The number of tetrazole rings is 1. The van der Waals surface area contributed by atoms with Gasteiger partial charge in [-0.25, -0.2) is 0 Å². The third-order valence-electron chi connectivity index (χ3n) is 6.77. The number of amides is 2. The number of aromatic nitrogens is 4. The van der Waals surface area contributed by atoms with Gasteiger partial charge in [0.2, 0.25) is 11.8 Å². The van der Waals surface area contributed by atoms with Crippen LogP contribution in [-0.2, 0) is 16.6 Å². The summed E-state index contributed by atoms with van der Waals surface area (Å²) in [6.45, 7) is 15.6. The second-order valence-corrected chi connectivity index (χ2v) is 9.34. The van der Waals surface area contributed by atoms with Crippen molar-refractivity contribution in [3.05, 3.63) is 64.5 Å². The Kier molecular flexibility index (Phi) is 12.4. The lowest BCUT2D eigenvalue weighted by Gasteiger charge is -2.36. The molecule has 1 heterocycles. The molecule has 4 rings (SSSR count). The molecule has 1 unspecified atom stereocenters. The number of H-pyrrole nitrogens is 1. The lowest BCUT2D eigenvalue weighted by Crippen LogP contribution is -2.40. The average Bonchev–Trinajstić information content (AvgIpc) is 3.40. The van der Waals surface area contributed by atoms with Crippen LogP contribution in [0.3, 0.4) is 0 Å². The van der Waals surface area contributed by atoms with Crippen molar-refractivity contribution < 1.29 is 9.59 Å². The van der Waals surface area contributed by atoms with Crippen molar-refractivity contribution in [2.75, 3.05) is 0 Å². The van der Waals surface area contributed by atoms with Gasteiger partial charge in [0.15, 0.2) is 5.82 Å². The molecule has 0 bridgehead atoms. The summed E-state index contributed by atoms with van der Waals surface area (Å²) < 4.78 is 0. The van der Waals surface area contributed by atoms with E-state index in [0.29, 0.717) is 17.8 Å². The van der Waals surface area contributed by atoms with E-state index in [0.717, 1.165) is 49.7 Å². The minimum Gasteiger partial charge on any atom is -0.370 e. The molecule has 1 aromatic carbocycles. The fourth-order valence-electron chi connectivity index (χ4n) is 4.25. The van der Waals surface area contributed by atoms with Crippen molar-refractivity contribution in [3.63, 3.8) is 0 Å². The molecular weight excluding hydrogens is 466 g/mol. The van der Waals surface area contributed by atoms with Gasteiger partial charge in [-0.3, -0.25) is 9.59 Å². The van der Waals surface area contributed by atoms with Gasteiger partial charge in [-0.1, -0.05) is 56.2 Å². The van der Waals surface area contributed by atoms with Crippen molar-refractivity contribution >= 4 is 11.8 Å². The van der Waals surface area contributed by atoms with Gasteiger partial charge in [0.1, 0.15) is 0 Å². The summed E-state index contributed by atoms with van der Waals surface area (Å²) in [7, 11) is 0. The first-order valence-corrected chi connectivity index (χ1v) is 13.1. The Hall–Kier alpha value is -3.33. The van der Waals surface area contributed by atoms with Crippen LogP contribution in [0.4, 0.5) is 0 Å². The molecule has 2 aliphatic carbocycles. The van der Waals surface area contributed by atoms with Gasteiger partial charge in [-0.15, -0.1) is 16.8 Å². The summed E-state index contributed by atoms with van der Waals surface area (Å²) in [6.07, 6.45) is 7.88. The lowest BCUT2D eigenvalue weighted by atomic mass is 9.67. The maximum atomic E-state index is 11.7. The molecule has 9 heteroatoms. The smallest absolute Gasteiger partial charge is 0.248 e. The molecule has 2 amide bonds. The van der Waals surface area contributed by atoms with Gasteiger partial charge in [-0.2, -0.15) is 5.21 Å². The lowest BCUT2D eigenvalue weighted by molar-refractivity contribution is -0.117. The van der Waals surface area contributed by atoms with Crippen molar-refractivity contribution in [2.24, 2.45) is 17.2 Å². The number of allylic oxidation sites excluding steroid dienone is 3. The summed E-state index contributed by atoms with van der Waals surface area (Å²) in [5.41, 5.74) is 21.2. The van der Waals surface area contributed by atoms with E-state index in [1.807, 2.05) is 32.1 Å². The van der Waals surface area contributed by atoms with Crippen LogP contribution in [0.15, 0.2) is 42.0 Å². The first-order chi connectivity index (χ1) is 17.5. The van der Waals surface area contributed by atoms with Gasteiger partial charge in [0.05, 0.1) is 5.41 Å². The SMILES string of the molecule is C=CCC.CC.CC1=C(C)C(CC2(N)CC2)(c2nn[nH]n2)c2ccc(C(N)=O)cc2CC1.CCC(N)=O. The summed E-state index contributed by atoms with van der Waals surface area (Å²) in [6, 6.07) is 5.70. The van der Waals surface area contributed by atoms with Gasteiger partial charge in [0, 0.05) is 17.5 Å². The molecule has 1 saturated carbocycles. The van der Waals surface area contributed by atoms with E-state index < -0.39 is 11.3 Å². The molecule has 1 atom stereocenters. The molecule has 0 spiro atoms. The fraction of sp³-hybridized carbons (Fsp3) is 0.536. The molecule has 1 fully saturated rings. The third kappa shape index (κ3) is 8.08. The number of fused-ring (bicyclic) bond motifs is 1. The number of nitrogens with two attached hydrogens (primary N) is 3. The van der Waals surface area contributed by atoms with Crippen LogP contribution in [0.2, 0.25) is 0 Å². The predicted octanol–water partition coefficient (Wildman–Crippen LogP) is 4.24. The van der Waals surface area contributed by atoms with Gasteiger partial charge in [0.25, 0.3) is 0 Å². The Morgan fingerprint density at radius 2 is 1.73 bits per heavy atom. The number of aromatic amines is 1. The molecule has 37 heavy (non-hydrogen) atoms. The zero-order valence-electron chi connectivity index (χ0n) is 23.4. The van der Waals surface area contributed by atoms with Crippen LogP contribution in [0, 0.1) is 0 Å². The van der Waals surface area contributed by atoms with Gasteiger partial charge in [-0.05, 0) is 75.6 Å². The molecule has 1 aromatic heterocycles. The highest BCUT2D eigenvalue weighted by molar-refractivity contribution is 5.93. The summed E-state index contributed by atoms with van der Waals surface area (Å²) in [5, 5.41) is 15.2. The normalized spacial score (nSPS) is 18.8. The molecule has 204 valence electrons. The van der Waals surface area contributed by atoms with E-state index in [1.54, 1.807) is 13.0 Å². The zero-order valence-corrected chi connectivity index (χ0v) is 23.4. The van der Waals surface area contributed by atoms with Crippen LogP contribution in [-0.4, -0.2) is 38.0 Å². The Labute approximate surface area is 221 Å². The first kappa shape index (κ1) is 31.7. The van der Waals surface area contributed by atoms with E-state index in [4.69, 9.17) is 11.5 Å². The number of hydrogen-bond donors (Lipinski definition) is 4. The Bertz CT molecular complexity index is 1070. The quantitative estimate of drug-likeness (QED) is 0.423. The summed E-state index contributed by atoms with van der Waals surface area (Å²) >= 11 is 0. The minimum absolute atomic E-state index is 0.216. The average molecular weight is 512 g/mol. The summed E-state index contributed by atoms with van der Waals surface area (Å²) in [4.78, 5) is 21.3. The zero-order chi connectivity index (χ0) is 28.2. The van der Waals surface area contributed by atoms with Crippen LogP contribution in [0.25, 0.3) is 0 Å². The fourth-order valence-corrected chi connectivity index (χ4v) is 4.25.